The summed E-state index contributed by atoms with van der Waals surface area (Å²) in [5.41, 5.74) is 13.5. The number of pyridine rings is 2. The third-order valence-electron chi connectivity index (χ3n) is 9.19. The van der Waals surface area contributed by atoms with Crippen molar-refractivity contribution in [2.75, 3.05) is 0 Å². The van der Waals surface area contributed by atoms with Crippen molar-refractivity contribution in [2.24, 2.45) is 0 Å². The fourth-order valence-corrected chi connectivity index (χ4v) is 6.65. The van der Waals surface area contributed by atoms with Gasteiger partial charge in [0.1, 0.15) is 0 Å². The Labute approximate surface area is 290 Å². The fourth-order valence-electron chi connectivity index (χ4n) is 6.65. The van der Waals surface area contributed by atoms with Gasteiger partial charge in [-0.1, -0.05) is 140 Å². The van der Waals surface area contributed by atoms with Crippen molar-refractivity contribution >= 4 is 21.8 Å². The lowest BCUT2D eigenvalue weighted by Gasteiger charge is -2.12. The number of benzene rings is 6. The van der Waals surface area contributed by atoms with Crippen LogP contribution >= 0.6 is 0 Å². The van der Waals surface area contributed by atoms with Crippen molar-refractivity contribution in [3.63, 3.8) is 0 Å². The Morgan fingerprint density at radius 1 is 0.320 bits per heavy atom. The monoisotopic (exact) mass is 638 g/mol. The van der Waals surface area contributed by atoms with E-state index >= 15 is 0 Å². The summed E-state index contributed by atoms with van der Waals surface area (Å²) in [5.74, 6) is 0.701. The second kappa shape index (κ2) is 12.7. The molecule has 0 saturated carbocycles. The molecule has 4 nitrogen and oxygen atoms in total. The van der Waals surface area contributed by atoms with Crippen molar-refractivity contribution < 1.29 is 0 Å². The number of fused-ring (bicyclic) bond motifs is 3. The summed E-state index contributed by atoms with van der Waals surface area (Å²) in [6, 6.07) is 59.1. The summed E-state index contributed by atoms with van der Waals surface area (Å²) in [6.07, 6.45) is 3.71. The Kier molecular flexibility index (Phi) is 7.45. The zero-order chi connectivity index (χ0) is 33.3. The predicted molar refractivity (Wildman–Crippen MR) is 205 cm³/mol. The molecule has 50 heavy (non-hydrogen) atoms. The minimum absolute atomic E-state index is 0.701. The molecule has 0 aliphatic rings. The number of nitrogens with zero attached hydrogens (tertiary/aromatic N) is 4. The molecule has 0 unspecified atom stereocenters. The van der Waals surface area contributed by atoms with E-state index in [1.807, 2.05) is 42.7 Å². The molecule has 0 fully saturated rings. The molecule has 0 amide bonds. The average molecular weight is 639 g/mol. The summed E-state index contributed by atoms with van der Waals surface area (Å²) in [7, 11) is 0. The normalized spacial score (nSPS) is 11.2. The molecule has 0 aliphatic heterocycles. The molecule has 0 saturated heterocycles. The quantitative estimate of drug-likeness (QED) is 0.170. The molecule has 0 spiro atoms. The second-order valence-corrected chi connectivity index (χ2v) is 12.3. The van der Waals surface area contributed by atoms with E-state index in [-0.39, 0.29) is 0 Å². The predicted octanol–water partition coefficient (Wildman–Crippen LogP) is 11.6. The average Bonchev–Trinajstić information content (AvgIpc) is 3.21. The Morgan fingerprint density at radius 3 is 1.66 bits per heavy atom. The van der Waals surface area contributed by atoms with E-state index in [0.29, 0.717) is 5.82 Å². The maximum Gasteiger partial charge on any atom is 0.160 e. The highest BCUT2D eigenvalue weighted by Gasteiger charge is 2.13. The molecule has 0 bridgehead atoms. The Balaban J connectivity index is 1.09. The van der Waals surface area contributed by atoms with Gasteiger partial charge in [-0.3, -0.25) is 9.97 Å². The first kappa shape index (κ1) is 29.4. The highest BCUT2D eigenvalue weighted by molar-refractivity contribution is 6.08. The van der Waals surface area contributed by atoms with Gasteiger partial charge in [-0.15, -0.1) is 0 Å². The van der Waals surface area contributed by atoms with Crippen molar-refractivity contribution in [1.29, 1.82) is 0 Å². The third-order valence-corrected chi connectivity index (χ3v) is 9.19. The molecule has 6 aromatic carbocycles. The zero-order valence-corrected chi connectivity index (χ0v) is 27.1. The Hall–Kier alpha value is -6.78. The smallest absolute Gasteiger partial charge is 0.160 e. The van der Waals surface area contributed by atoms with E-state index in [9.17, 15) is 0 Å². The van der Waals surface area contributed by atoms with E-state index in [1.165, 1.54) is 5.56 Å². The summed E-state index contributed by atoms with van der Waals surface area (Å²) < 4.78 is 0. The van der Waals surface area contributed by atoms with Crippen molar-refractivity contribution in [3.8, 4) is 67.3 Å². The number of rotatable bonds is 6. The Bertz CT molecular complexity index is 2630. The number of aromatic nitrogens is 4. The fraction of sp³-hybridized carbons (Fsp3) is 0. The van der Waals surface area contributed by atoms with E-state index < -0.39 is 0 Å². The largest absolute Gasteiger partial charge is 0.254 e. The van der Waals surface area contributed by atoms with Crippen LogP contribution in [0.25, 0.3) is 89.1 Å². The molecule has 0 radical (unpaired) electrons. The highest BCUT2D eigenvalue weighted by atomic mass is 14.9. The molecule has 9 aromatic rings. The van der Waals surface area contributed by atoms with Gasteiger partial charge in [0.05, 0.1) is 22.4 Å². The topological polar surface area (TPSA) is 51.6 Å². The Morgan fingerprint density at radius 2 is 0.900 bits per heavy atom. The lowest BCUT2D eigenvalue weighted by molar-refractivity contribution is 1.18. The standard InChI is InChI=1S/C46H30N4/c1-3-10-31(11-4-1)37-15-8-17-39(29-37)43-30-42(49-46(50-43)35-12-5-2-6-13-35)33-21-19-32(20-22-33)36-14-7-16-38(28-36)40-25-27-48-45-41(40)24-23-34-18-9-26-47-44(34)45/h1-30H. The van der Waals surface area contributed by atoms with Crippen LogP contribution in [0.4, 0.5) is 0 Å². The van der Waals surface area contributed by atoms with Gasteiger partial charge < -0.3 is 0 Å². The SMILES string of the molecule is c1ccc(-c2cccc(-c3cc(-c4ccc(-c5cccc(-c6ccnc7c6ccc6cccnc67)c5)cc4)nc(-c4ccccc4)n3)c2)cc1. The number of hydrogen-bond donors (Lipinski definition) is 0. The highest BCUT2D eigenvalue weighted by Crippen LogP contribution is 2.35. The minimum Gasteiger partial charge on any atom is -0.254 e. The lowest BCUT2D eigenvalue weighted by Crippen LogP contribution is -1.96. The van der Waals surface area contributed by atoms with Crippen LogP contribution in [0.1, 0.15) is 0 Å². The van der Waals surface area contributed by atoms with Gasteiger partial charge in [0, 0.05) is 39.9 Å². The van der Waals surface area contributed by atoms with Crippen LogP contribution < -0.4 is 0 Å². The van der Waals surface area contributed by atoms with E-state index in [2.05, 4.69) is 145 Å². The lowest BCUT2D eigenvalue weighted by atomic mass is 9.95. The molecule has 234 valence electrons. The summed E-state index contributed by atoms with van der Waals surface area (Å²) in [5, 5.41) is 2.18. The first-order valence-electron chi connectivity index (χ1n) is 16.7. The molecule has 3 aromatic heterocycles. The summed E-state index contributed by atoms with van der Waals surface area (Å²) >= 11 is 0. The van der Waals surface area contributed by atoms with Gasteiger partial charge in [-0.2, -0.15) is 0 Å². The zero-order valence-electron chi connectivity index (χ0n) is 27.1. The maximum atomic E-state index is 5.06. The van der Waals surface area contributed by atoms with E-state index in [0.717, 1.165) is 77.7 Å². The van der Waals surface area contributed by atoms with Gasteiger partial charge >= 0.3 is 0 Å². The third kappa shape index (κ3) is 5.59. The summed E-state index contributed by atoms with van der Waals surface area (Å²) in [4.78, 5) is 19.5. The molecule has 0 N–H and O–H groups in total. The van der Waals surface area contributed by atoms with Crippen LogP contribution in [-0.4, -0.2) is 19.9 Å². The van der Waals surface area contributed by atoms with Crippen LogP contribution in [0, 0.1) is 0 Å². The maximum absolute atomic E-state index is 5.06. The van der Waals surface area contributed by atoms with Crippen molar-refractivity contribution in [2.45, 2.75) is 0 Å². The van der Waals surface area contributed by atoms with Crippen LogP contribution in [0.2, 0.25) is 0 Å². The first-order chi connectivity index (χ1) is 24.8. The molecule has 9 rings (SSSR count). The molecular weight excluding hydrogens is 609 g/mol. The molecule has 0 atom stereocenters. The first-order valence-corrected chi connectivity index (χ1v) is 16.7. The van der Waals surface area contributed by atoms with Crippen LogP contribution in [0.5, 0.6) is 0 Å². The van der Waals surface area contributed by atoms with Gasteiger partial charge in [0.15, 0.2) is 5.82 Å². The van der Waals surface area contributed by atoms with E-state index in [4.69, 9.17) is 15.0 Å². The number of hydrogen-bond acceptors (Lipinski definition) is 4. The van der Waals surface area contributed by atoms with Crippen molar-refractivity contribution in [3.05, 3.63) is 182 Å². The van der Waals surface area contributed by atoms with E-state index in [1.54, 1.807) is 0 Å². The van der Waals surface area contributed by atoms with Gasteiger partial charge in [0.25, 0.3) is 0 Å². The summed E-state index contributed by atoms with van der Waals surface area (Å²) in [6.45, 7) is 0. The molecule has 3 heterocycles. The molecule has 0 aliphatic carbocycles. The minimum atomic E-state index is 0.701. The second-order valence-electron chi connectivity index (χ2n) is 12.3. The van der Waals surface area contributed by atoms with Gasteiger partial charge in [0.2, 0.25) is 0 Å². The van der Waals surface area contributed by atoms with Crippen LogP contribution in [-0.2, 0) is 0 Å². The van der Waals surface area contributed by atoms with Gasteiger partial charge in [-0.25, -0.2) is 9.97 Å². The van der Waals surface area contributed by atoms with Gasteiger partial charge in [-0.05, 0) is 63.7 Å². The van der Waals surface area contributed by atoms with Crippen LogP contribution in [0.3, 0.4) is 0 Å². The van der Waals surface area contributed by atoms with Crippen molar-refractivity contribution in [1.82, 2.24) is 19.9 Å². The molecular formula is C46H30N4. The van der Waals surface area contributed by atoms with Crippen LogP contribution in [0.15, 0.2) is 182 Å². The molecule has 4 heteroatoms.